The number of amides is 1. The van der Waals surface area contributed by atoms with Gasteiger partial charge in [-0.25, -0.2) is 9.59 Å². The lowest BCUT2D eigenvalue weighted by atomic mass is 10.0. The van der Waals surface area contributed by atoms with E-state index in [0.29, 0.717) is 25.4 Å². The smallest absolute Gasteiger partial charge is 0.337 e. The van der Waals surface area contributed by atoms with Crippen LogP contribution >= 0.6 is 0 Å². The van der Waals surface area contributed by atoms with E-state index in [1.807, 2.05) is 18.7 Å². The van der Waals surface area contributed by atoms with Gasteiger partial charge < -0.3 is 19.5 Å². The van der Waals surface area contributed by atoms with Crippen LogP contribution in [0.25, 0.3) is 0 Å². The Morgan fingerprint density at radius 1 is 1.12 bits per heavy atom. The third kappa shape index (κ3) is 4.80. The number of nitrogens with zero attached hydrogens (tertiary/aromatic N) is 1. The molecule has 1 heterocycles. The van der Waals surface area contributed by atoms with Gasteiger partial charge in [0.25, 0.3) is 0 Å². The van der Waals surface area contributed by atoms with Crippen LogP contribution in [-0.4, -0.2) is 68.8 Å². The molecule has 142 valence electrons. The molecule has 0 spiro atoms. The maximum Gasteiger partial charge on any atom is 0.337 e. The van der Waals surface area contributed by atoms with Crippen molar-refractivity contribution in [3.8, 4) is 0 Å². The molecule has 1 aliphatic rings. The van der Waals surface area contributed by atoms with E-state index in [4.69, 9.17) is 4.74 Å². The number of hydrogen-bond acceptors (Lipinski definition) is 7. The lowest BCUT2D eigenvalue weighted by Gasteiger charge is -2.41. The van der Waals surface area contributed by atoms with Gasteiger partial charge in [0.05, 0.1) is 45.1 Å². The molecule has 1 aromatic carbocycles. The number of ether oxygens (including phenoxy) is 3. The van der Waals surface area contributed by atoms with E-state index < -0.39 is 11.9 Å². The largest absolute Gasteiger partial charge is 0.465 e. The molecule has 0 radical (unpaired) electrons. The van der Waals surface area contributed by atoms with Gasteiger partial charge in [0, 0.05) is 17.8 Å². The predicted octanol–water partition coefficient (Wildman–Crippen LogP) is 1.31. The number of esters is 2. The van der Waals surface area contributed by atoms with Crippen LogP contribution < -0.4 is 5.32 Å². The van der Waals surface area contributed by atoms with Gasteiger partial charge in [-0.15, -0.1) is 0 Å². The van der Waals surface area contributed by atoms with Crippen LogP contribution in [0.3, 0.4) is 0 Å². The van der Waals surface area contributed by atoms with Crippen LogP contribution in [0, 0.1) is 0 Å². The molecule has 1 aromatic rings. The van der Waals surface area contributed by atoms with Crippen molar-refractivity contribution in [2.24, 2.45) is 0 Å². The van der Waals surface area contributed by atoms with Crippen LogP contribution in [0.4, 0.5) is 5.69 Å². The van der Waals surface area contributed by atoms with Crippen LogP contribution in [0.2, 0.25) is 0 Å². The fraction of sp³-hybridized carbons (Fsp3) is 0.500. The Bertz CT molecular complexity index is 667. The molecule has 0 unspecified atom stereocenters. The summed E-state index contributed by atoms with van der Waals surface area (Å²) in [6.45, 7) is 5.95. The predicted molar refractivity (Wildman–Crippen MR) is 94.2 cm³/mol. The van der Waals surface area contributed by atoms with Gasteiger partial charge in [-0.05, 0) is 32.0 Å². The summed E-state index contributed by atoms with van der Waals surface area (Å²) >= 11 is 0. The fourth-order valence-corrected chi connectivity index (χ4v) is 2.73. The van der Waals surface area contributed by atoms with Crippen molar-refractivity contribution in [2.45, 2.75) is 19.4 Å². The van der Waals surface area contributed by atoms with E-state index in [0.717, 1.165) is 0 Å². The average Bonchev–Trinajstić information content (AvgIpc) is 2.61. The highest BCUT2D eigenvalue weighted by atomic mass is 16.5. The summed E-state index contributed by atoms with van der Waals surface area (Å²) in [7, 11) is 2.48. The van der Waals surface area contributed by atoms with Gasteiger partial charge in [0.15, 0.2) is 0 Å². The van der Waals surface area contributed by atoms with E-state index >= 15 is 0 Å². The zero-order valence-electron chi connectivity index (χ0n) is 15.5. The van der Waals surface area contributed by atoms with Gasteiger partial charge in [0.2, 0.25) is 5.91 Å². The standard InChI is InChI=1S/C18H24N2O6/c1-18(2)11-26-6-5-20(18)10-15(21)19-14-8-12(16(22)24-3)7-13(9-14)17(23)25-4/h7-9H,5-6,10-11H2,1-4H3,(H,19,21). The third-order valence-electron chi connectivity index (χ3n) is 4.21. The average molecular weight is 364 g/mol. The Morgan fingerprint density at radius 2 is 1.69 bits per heavy atom. The number of methoxy groups -OCH3 is 2. The van der Waals surface area contributed by atoms with Crippen molar-refractivity contribution in [3.05, 3.63) is 29.3 Å². The molecule has 1 saturated heterocycles. The maximum absolute atomic E-state index is 12.4. The number of carbonyl (C=O) groups is 3. The van der Waals surface area contributed by atoms with Crippen LogP contribution in [0.5, 0.6) is 0 Å². The topological polar surface area (TPSA) is 94.2 Å². The van der Waals surface area contributed by atoms with E-state index in [1.165, 1.54) is 32.4 Å². The van der Waals surface area contributed by atoms with Crippen LogP contribution in [0.1, 0.15) is 34.6 Å². The zero-order valence-corrected chi connectivity index (χ0v) is 15.5. The first-order valence-corrected chi connectivity index (χ1v) is 8.21. The summed E-state index contributed by atoms with van der Waals surface area (Å²) in [5.74, 6) is -1.47. The summed E-state index contributed by atoms with van der Waals surface area (Å²) in [6.07, 6.45) is 0. The van der Waals surface area contributed by atoms with Crippen LogP contribution in [0.15, 0.2) is 18.2 Å². The highest BCUT2D eigenvalue weighted by Gasteiger charge is 2.31. The second kappa shape index (κ2) is 8.29. The first-order valence-electron chi connectivity index (χ1n) is 8.21. The number of morpholine rings is 1. The van der Waals surface area contributed by atoms with Crippen molar-refractivity contribution in [1.82, 2.24) is 4.90 Å². The van der Waals surface area contributed by atoms with Gasteiger partial charge >= 0.3 is 11.9 Å². The number of benzene rings is 1. The number of rotatable bonds is 5. The Balaban J connectivity index is 2.17. The van der Waals surface area contributed by atoms with Crippen LogP contribution in [-0.2, 0) is 19.0 Å². The molecule has 1 fully saturated rings. The number of carbonyl (C=O) groups excluding carboxylic acids is 3. The highest BCUT2D eigenvalue weighted by Crippen LogP contribution is 2.20. The molecule has 0 aliphatic carbocycles. The fourth-order valence-electron chi connectivity index (χ4n) is 2.73. The second-order valence-corrected chi connectivity index (χ2v) is 6.62. The molecular weight excluding hydrogens is 340 g/mol. The SMILES string of the molecule is COC(=O)c1cc(NC(=O)CN2CCOCC2(C)C)cc(C(=O)OC)c1. The molecule has 0 bridgehead atoms. The number of nitrogens with one attached hydrogen (secondary N) is 1. The van der Waals surface area contributed by atoms with Crippen molar-refractivity contribution < 1.29 is 28.6 Å². The molecule has 1 amide bonds. The highest BCUT2D eigenvalue weighted by molar-refractivity contribution is 5.99. The molecule has 8 heteroatoms. The minimum Gasteiger partial charge on any atom is -0.465 e. The van der Waals surface area contributed by atoms with Gasteiger partial charge in [-0.3, -0.25) is 9.69 Å². The first kappa shape index (κ1) is 19.9. The monoisotopic (exact) mass is 364 g/mol. The van der Waals surface area contributed by atoms with Gasteiger partial charge in [0.1, 0.15) is 0 Å². The number of anilines is 1. The Labute approximate surface area is 152 Å². The molecule has 8 nitrogen and oxygen atoms in total. The summed E-state index contributed by atoms with van der Waals surface area (Å²) in [5, 5.41) is 2.73. The second-order valence-electron chi connectivity index (χ2n) is 6.62. The minimum atomic E-state index is -0.611. The summed E-state index contributed by atoms with van der Waals surface area (Å²) in [6, 6.07) is 4.28. The summed E-state index contributed by atoms with van der Waals surface area (Å²) < 4.78 is 14.8. The molecule has 0 saturated carbocycles. The van der Waals surface area contributed by atoms with Crippen molar-refractivity contribution in [3.63, 3.8) is 0 Å². The summed E-state index contributed by atoms with van der Waals surface area (Å²) in [5.41, 5.74) is 0.375. The Kier molecular flexibility index (Phi) is 6.33. The molecule has 1 aliphatic heterocycles. The maximum atomic E-state index is 12.4. The quantitative estimate of drug-likeness (QED) is 0.787. The molecule has 2 rings (SSSR count). The van der Waals surface area contributed by atoms with E-state index in [2.05, 4.69) is 14.8 Å². The van der Waals surface area contributed by atoms with E-state index in [1.54, 1.807) is 0 Å². The normalized spacial score (nSPS) is 16.6. The molecule has 0 aromatic heterocycles. The minimum absolute atomic E-state index is 0.150. The molecule has 0 atom stereocenters. The molecule has 26 heavy (non-hydrogen) atoms. The van der Waals surface area contributed by atoms with E-state index in [-0.39, 0.29) is 29.1 Å². The Morgan fingerprint density at radius 3 is 2.19 bits per heavy atom. The third-order valence-corrected chi connectivity index (χ3v) is 4.21. The lowest BCUT2D eigenvalue weighted by molar-refractivity contribution is -0.122. The van der Waals surface area contributed by atoms with Gasteiger partial charge in [-0.1, -0.05) is 0 Å². The number of hydrogen-bond donors (Lipinski definition) is 1. The Hall–Kier alpha value is -2.45. The van der Waals surface area contributed by atoms with Crippen molar-refractivity contribution >= 4 is 23.5 Å². The zero-order chi connectivity index (χ0) is 19.3. The van der Waals surface area contributed by atoms with Gasteiger partial charge in [-0.2, -0.15) is 0 Å². The summed E-state index contributed by atoms with van der Waals surface area (Å²) in [4.78, 5) is 38.1. The van der Waals surface area contributed by atoms with Crippen molar-refractivity contribution in [2.75, 3.05) is 45.8 Å². The first-order chi connectivity index (χ1) is 12.3. The van der Waals surface area contributed by atoms with E-state index in [9.17, 15) is 14.4 Å². The lowest BCUT2D eigenvalue weighted by Crippen LogP contribution is -2.55. The van der Waals surface area contributed by atoms with Crippen molar-refractivity contribution in [1.29, 1.82) is 0 Å². The molecular formula is C18H24N2O6. The molecule has 1 N–H and O–H groups in total.